The Morgan fingerprint density at radius 2 is 2.07 bits per heavy atom. The van der Waals surface area contributed by atoms with E-state index in [0.29, 0.717) is 0 Å². The zero-order valence-electron chi connectivity index (χ0n) is 7.98. The van der Waals surface area contributed by atoms with Crippen molar-refractivity contribution in [3.8, 4) is 5.75 Å². The van der Waals surface area contributed by atoms with Crippen LogP contribution in [0.2, 0.25) is 0 Å². The largest absolute Gasteiger partial charge is 0.494 e. The maximum atomic E-state index is 5.22. The second-order valence-electron chi connectivity index (χ2n) is 3.00. The van der Waals surface area contributed by atoms with Gasteiger partial charge in [0.05, 0.1) is 7.11 Å². The van der Waals surface area contributed by atoms with E-state index in [-0.39, 0.29) is 0 Å². The number of ether oxygens (including phenoxy) is 1. The molecule has 0 spiro atoms. The predicted octanol–water partition coefficient (Wildman–Crippen LogP) is 2.24. The zero-order valence-corrected chi connectivity index (χ0v) is 8.88. The van der Waals surface area contributed by atoms with E-state index in [2.05, 4.69) is 22.6 Å². The van der Waals surface area contributed by atoms with Crippen LogP contribution in [0.3, 0.4) is 0 Å². The molecule has 0 aliphatic rings. The van der Waals surface area contributed by atoms with Gasteiger partial charge in [-0.1, -0.05) is 0 Å². The summed E-state index contributed by atoms with van der Waals surface area (Å²) in [4.78, 5) is 9.16. The van der Waals surface area contributed by atoms with Crippen LogP contribution in [-0.4, -0.2) is 17.1 Å². The molecule has 0 saturated heterocycles. The molecule has 2 aromatic rings. The van der Waals surface area contributed by atoms with Crippen molar-refractivity contribution in [3.05, 3.63) is 24.2 Å². The second-order valence-corrected chi connectivity index (χ2v) is 3.52. The Labute approximate surface area is 87.6 Å². The summed E-state index contributed by atoms with van der Waals surface area (Å²) in [6, 6.07) is 3.79. The van der Waals surface area contributed by atoms with Gasteiger partial charge in [-0.3, -0.25) is 0 Å². The van der Waals surface area contributed by atoms with Gasteiger partial charge in [0.15, 0.2) is 0 Å². The fraction of sp³-hybridized carbons (Fsp3) is 0.200. The molecule has 1 aromatic carbocycles. The third kappa shape index (κ3) is 1.42. The SMILES string of the molecule is COc1cc(S)cc2c(C)ncnc12. The molecule has 0 unspecified atom stereocenters. The molecule has 14 heavy (non-hydrogen) atoms. The lowest BCUT2D eigenvalue weighted by Crippen LogP contribution is -1.92. The number of thiol groups is 1. The summed E-state index contributed by atoms with van der Waals surface area (Å²) < 4.78 is 5.22. The Morgan fingerprint density at radius 3 is 2.79 bits per heavy atom. The summed E-state index contributed by atoms with van der Waals surface area (Å²) >= 11 is 4.30. The van der Waals surface area contributed by atoms with Crippen molar-refractivity contribution in [2.24, 2.45) is 0 Å². The van der Waals surface area contributed by atoms with Gasteiger partial charge < -0.3 is 4.74 Å². The number of benzene rings is 1. The molecule has 0 N–H and O–H groups in total. The summed E-state index contributed by atoms with van der Waals surface area (Å²) in [6.45, 7) is 1.94. The highest BCUT2D eigenvalue weighted by molar-refractivity contribution is 7.80. The highest BCUT2D eigenvalue weighted by atomic mass is 32.1. The number of methoxy groups -OCH3 is 1. The van der Waals surface area contributed by atoms with Gasteiger partial charge in [-0.05, 0) is 19.1 Å². The average molecular weight is 206 g/mol. The molecular weight excluding hydrogens is 196 g/mol. The molecule has 0 fully saturated rings. The van der Waals surface area contributed by atoms with E-state index < -0.39 is 0 Å². The first-order valence-electron chi connectivity index (χ1n) is 4.20. The minimum absolute atomic E-state index is 0.734. The van der Waals surface area contributed by atoms with Crippen LogP contribution in [0.15, 0.2) is 23.4 Å². The molecule has 2 rings (SSSR count). The summed E-state index contributed by atoms with van der Waals surface area (Å²) in [5.74, 6) is 0.734. The molecule has 72 valence electrons. The van der Waals surface area contributed by atoms with Gasteiger partial charge in [-0.15, -0.1) is 12.6 Å². The molecule has 4 heteroatoms. The minimum Gasteiger partial charge on any atom is -0.494 e. The zero-order chi connectivity index (χ0) is 10.1. The number of hydrogen-bond donors (Lipinski definition) is 1. The van der Waals surface area contributed by atoms with Crippen molar-refractivity contribution in [2.45, 2.75) is 11.8 Å². The third-order valence-electron chi connectivity index (χ3n) is 2.11. The molecule has 0 saturated carbocycles. The first-order valence-corrected chi connectivity index (χ1v) is 4.65. The molecule has 0 radical (unpaired) electrons. The summed E-state index contributed by atoms with van der Waals surface area (Å²) in [6.07, 6.45) is 1.54. The Bertz CT molecular complexity index is 485. The van der Waals surface area contributed by atoms with Crippen LogP contribution in [0.25, 0.3) is 10.9 Å². The van der Waals surface area contributed by atoms with Gasteiger partial charge >= 0.3 is 0 Å². The van der Waals surface area contributed by atoms with Crippen LogP contribution in [0.1, 0.15) is 5.69 Å². The Kier molecular flexibility index (Phi) is 2.29. The molecule has 0 amide bonds. The van der Waals surface area contributed by atoms with E-state index in [4.69, 9.17) is 4.74 Å². The van der Waals surface area contributed by atoms with E-state index in [1.54, 1.807) is 13.4 Å². The number of hydrogen-bond acceptors (Lipinski definition) is 4. The molecule has 1 heterocycles. The van der Waals surface area contributed by atoms with Crippen LogP contribution in [0.5, 0.6) is 5.75 Å². The van der Waals surface area contributed by atoms with Gasteiger partial charge in [-0.2, -0.15) is 0 Å². The lowest BCUT2D eigenvalue weighted by molar-refractivity contribution is 0.418. The second kappa shape index (κ2) is 3.46. The lowest BCUT2D eigenvalue weighted by atomic mass is 10.2. The van der Waals surface area contributed by atoms with Crippen molar-refractivity contribution in [3.63, 3.8) is 0 Å². The van der Waals surface area contributed by atoms with Crippen LogP contribution in [0, 0.1) is 6.92 Å². The van der Waals surface area contributed by atoms with Crippen LogP contribution in [0.4, 0.5) is 0 Å². The quantitative estimate of drug-likeness (QED) is 0.727. The smallest absolute Gasteiger partial charge is 0.146 e. The maximum Gasteiger partial charge on any atom is 0.146 e. The first-order chi connectivity index (χ1) is 6.72. The first kappa shape index (κ1) is 9.27. The van der Waals surface area contributed by atoms with E-state index in [1.807, 2.05) is 19.1 Å². The van der Waals surface area contributed by atoms with Crippen molar-refractivity contribution < 1.29 is 4.74 Å². The van der Waals surface area contributed by atoms with E-state index >= 15 is 0 Å². The molecule has 3 nitrogen and oxygen atoms in total. The van der Waals surface area contributed by atoms with E-state index in [1.165, 1.54) is 0 Å². The van der Waals surface area contributed by atoms with Gasteiger partial charge in [0.2, 0.25) is 0 Å². The number of aromatic nitrogens is 2. The normalized spacial score (nSPS) is 10.5. The van der Waals surface area contributed by atoms with Crippen molar-refractivity contribution in [2.75, 3.05) is 7.11 Å². The molecular formula is C10H10N2OS. The summed E-state index contributed by atoms with van der Waals surface area (Å²) in [5, 5.41) is 0.983. The molecule has 0 aliphatic heterocycles. The Balaban J connectivity index is 2.87. The monoisotopic (exact) mass is 206 g/mol. The van der Waals surface area contributed by atoms with Crippen molar-refractivity contribution in [1.82, 2.24) is 9.97 Å². The number of nitrogens with zero attached hydrogens (tertiary/aromatic N) is 2. The summed E-state index contributed by atoms with van der Waals surface area (Å²) in [5.41, 5.74) is 1.77. The summed E-state index contributed by atoms with van der Waals surface area (Å²) in [7, 11) is 1.62. The Hall–Kier alpha value is -1.29. The number of fused-ring (bicyclic) bond motifs is 1. The average Bonchev–Trinajstić information content (AvgIpc) is 2.18. The predicted molar refractivity (Wildman–Crippen MR) is 58.1 cm³/mol. The van der Waals surface area contributed by atoms with Gasteiger partial charge in [0.25, 0.3) is 0 Å². The molecule has 1 aromatic heterocycles. The topological polar surface area (TPSA) is 35.0 Å². The number of aryl methyl sites for hydroxylation is 1. The molecule has 0 bridgehead atoms. The fourth-order valence-electron chi connectivity index (χ4n) is 1.40. The Morgan fingerprint density at radius 1 is 1.29 bits per heavy atom. The molecule has 0 atom stereocenters. The molecule has 0 aliphatic carbocycles. The van der Waals surface area contributed by atoms with Crippen LogP contribution >= 0.6 is 12.6 Å². The van der Waals surface area contributed by atoms with Crippen molar-refractivity contribution in [1.29, 1.82) is 0 Å². The van der Waals surface area contributed by atoms with Crippen molar-refractivity contribution >= 4 is 23.5 Å². The van der Waals surface area contributed by atoms with E-state index in [0.717, 1.165) is 27.2 Å². The maximum absolute atomic E-state index is 5.22. The van der Waals surface area contributed by atoms with Gasteiger partial charge in [-0.25, -0.2) is 9.97 Å². The van der Waals surface area contributed by atoms with Gasteiger partial charge in [0, 0.05) is 16.0 Å². The van der Waals surface area contributed by atoms with E-state index in [9.17, 15) is 0 Å². The highest BCUT2D eigenvalue weighted by Crippen LogP contribution is 2.28. The van der Waals surface area contributed by atoms with Crippen LogP contribution in [-0.2, 0) is 0 Å². The fourth-order valence-corrected chi connectivity index (χ4v) is 1.65. The lowest BCUT2D eigenvalue weighted by Gasteiger charge is -2.06. The van der Waals surface area contributed by atoms with Gasteiger partial charge in [0.1, 0.15) is 17.6 Å². The minimum atomic E-state index is 0.734. The number of rotatable bonds is 1. The highest BCUT2D eigenvalue weighted by Gasteiger charge is 2.06. The third-order valence-corrected chi connectivity index (χ3v) is 2.37. The van der Waals surface area contributed by atoms with Crippen LogP contribution < -0.4 is 4.74 Å². The standard InChI is InChI=1S/C10H10N2OS/c1-6-8-3-7(14)4-9(13-2)10(8)12-5-11-6/h3-5,14H,1-2H3.